The Balaban J connectivity index is 1.83. The molecule has 1 saturated carbocycles. The van der Waals surface area contributed by atoms with Crippen molar-refractivity contribution in [3.05, 3.63) is 48.0 Å². The summed E-state index contributed by atoms with van der Waals surface area (Å²) in [6.45, 7) is 1.84. The minimum absolute atomic E-state index is 0.109. The monoisotopic (exact) mass is 423 g/mol. The Morgan fingerprint density at radius 3 is 2.56 bits per heavy atom. The number of benzene rings is 2. The average Bonchev–Trinajstić information content (AvgIpc) is 2.62. The van der Waals surface area contributed by atoms with Crippen LogP contribution in [0.1, 0.15) is 25.3 Å². The molecular weight excluding hydrogens is 406 g/mol. The summed E-state index contributed by atoms with van der Waals surface area (Å²) >= 11 is 3.12. The standard InChI is InChI=1S/C21H18BrN3O2/c1-21(27)11-14(12-21)23-20-16-7-3-2-6-15(16)19(24-25-20)18-13(9-10-22)5-4-8-17(18)26/h2-8,14,26-27H,11-12H2,1H3,(H,23,25). The average molecular weight is 424 g/mol. The van der Waals surface area contributed by atoms with Crippen molar-refractivity contribution in [2.75, 3.05) is 5.32 Å². The number of fused-ring (bicyclic) bond motifs is 1. The van der Waals surface area contributed by atoms with Gasteiger partial charge < -0.3 is 15.5 Å². The molecule has 1 heterocycles. The predicted molar refractivity (Wildman–Crippen MR) is 110 cm³/mol. The molecule has 5 nitrogen and oxygen atoms in total. The molecule has 2 aromatic carbocycles. The van der Waals surface area contributed by atoms with Gasteiger partial charge in [-0.15, -0.1) is 10.2 Å². The van der Waals surface area contributed by atoms with Crippen molar-refractivity contribution in [3.63, 3.8) is 0 Å². The minimum Gasteiger partial charge on any atom is -0.507 e. The topological polar surface area (TPSA) is 78.3 Å². The Bertz CT molecular complexity index is 1080. The molecule has 0 radical (unpaired) electrons. The van der Waals surface area contributed by atoms with E-state index < -0.39 is 5.60 Å². The molecule has 0 aliphatic heterocycles. The Hall–Kier alpha value is -2.62. The van der Waals surface area contributed by atoms with Crippen molar-refractivity contribution in [2.45, 2.75) is 31.4 Å². The Morgan fingerprint density at radius 2 is 1.85 bits per heavy atom. The van der Waals surface area contributed by atoms with Gasteiger partial charge in [-0.05, 0) is 36.7 Å². The lowest BCUT2D eigenvalue weighted by atomic mass is 9.77. The number of aromatic nitrogens is 2. The van der Waals surface area contributed by atoms with Gasteiger partial charge in [-0.2, -0.15) is 0 Å². The van der Waals surface area contributed by atoms with Crippen molar-refractivity contribution >= 4 is 32.5 Å². The van der Waals surface area contributed by atoms with E-state index in [1.807, 2.05) is 37.3 Å². The molecule has 27 heavy (non-hydrogen) atoms. The third-order valence-corrected chi connectivity index (χ3v) is 5.06. The number of phenols is 1. The fraction of sp³-hybridized carbons (Fsp3) is 0.238. The number of aromatic hydroxyl groups is 1. The van der Waals surface area contributed by atoms with Crippen LogP contribution in [0, 0.1) is 10.8 Å². The van der Waals surface area contributed by atoms with Gasteiger partial charge in [0.25, 0.3) is 0 Å². The molecule has 0 unspecified atom stereocenters. The zero-order chi connectivity index (χ0) is 19.0. The number of nitrogens with zero attached hydrogens (tertiary/aromatic N) is 2. The molecule has 0 spiro atoms. The summed E-state index contributed by atoms with van der Waals surface area (Å²) in [7, 11) is 0. The molecule has 3 aromatic rings. The fourth-order valence-electron chi connectivity index (χ4n) is 3.64. The molecule has 0 saturated heterocycles. The van der Waals surface area contributed by atoms with Crippen LogP contribution in [0.15, 0.2) is 42.5 Å². The van der Waals surface area contributed by atoms with E-state index in [9.17, 15) is 10.2 Å². The van der Waals surface area contributed by atoms with Gasteiger partial charge in [-0.1, -0.05) is 36.3 Å². The quantitative estimate of drug-likeness (QED) is 0.554. The first-order chi connectivity index (χ1) is 13.0. The maximum absolute atomic E-state index is 10.5. The molecule has 136 valence electrons. The molecule has 4 rings (SSSR count). The zero-order valence-electron chi connectivity index (χ0n) is 14.7. The molecule has 1 aliphatic rings. The van der Waals surface area contributed by atoms with E-state index in [1.54, 1.807) is 12.1 Å². The number of halogens is 1. The lowest BCUT2D eigenvalue weighted by Crippen LogP contribution is -2.48. The van der Waals surface area contributed by atoms with Crippen LogP contribution in [-0.4, -0.2) is 32.1 Å². The van der Waals surface area contributed by atoms with Crippen LogP contribution in [0.4, 0.5) is 5.82 Å². The van der Waals surface area contributed by atoms with Gasteiger partial charge in [-0.3, -0.25) is 0 Å². The third kappa shape index (κ3) is 3.36. The van der Waals surface area contributed by atoms with E-state index in [0.717, 1.165) is 10.8 Å². The second-order valence-corrected chi connectivity index (χ2v) is 7.50. The van der Waals surface area contributed by atoms with E-state index in [4.69, 9.17) is 0 Å². The van der Waals surface area contributed by atoms with Crippen LogP contribution < -0.4 is 5.32 Å². The largest absolute Gasteiger partial charge is 0.507 e. The van der Waals surface area contributed by atoms with Crippen LogP contribution in [0.2, 0.25) is 0 Å². The van der Waals surface area contributed by atoms with Gasteiger partial charge >= 0.3 is 0 Å². The number of hydrogen-bond acceptors (Lipinski definition) is 5. The van der Waals surface area contributed by atoms with E-state index in [1.165, 1.54) is 0 Å². The maximum Gasteiger partial charge on any atom is 0.156 e. The molecule has 0 atom stereocenters. The lowest BCUT2D eigenvalue weighted by Gasteiger charge is -2.41. The van der Waals surface area contributed by atoms with Gasteiger partial charge in [0.1, 0.15) is 11.4 Å². The van der Waals surface area contributed by atoms with Crippen LogP contribution in [0.3, 0.4) is 0 Å². The maximum atomic E-state index is 10.5. The van der Waals surface area contributed by atoms with Crippen molar-refractivity contribution in [1.82, 2.24) is 10.2 Å². The van der Waals surface area contributed by atoms with Crippen molar-refractivity contribution < 1.29 is 10.2 Å². The number of aliphatic hydroxyl groups is 1. The molecule has 1 aromatic heterocycles. The van der Waals surface area contributed by atoms with Gasteiger partial charge in [0.2, 0.25) is 0 Å². The third-order valence-electron chi connectivity index (χ3n) is 4.86. The normalized spacial score (nSPS) is 21.2. The summed E-state index contributed by atoms with van der Waals surface area (Å²) in [6, 6.07) is 13.2. The highest BCUT2D eigenvalue weighted by Crippen LogP contribution is 2.38. The van der Waals surface area contributed by atoms with Crippen molar-refractivity contribution in [3.8, 4) is 27.8 Å². The fourth-order valence-corrected chi connectivity index (χ4v) is 3.85. The molecule has 3 N–H and O–H groups in total. The first kappa shape index (κ1) is 17.8. The van der Waals surface area contributed by atoms with Crippen LogP contribution in [0.5, 0.6) is 5.75 Å². The SMILES string of the molecule is CC1(O)CC(Nc2nnc(-c3c(O)cccc3C#CBr)c3ccccc23)C1. The summed E-state index contributed by atoms with van der Waals surface area (Å²) < 4.78 is 0. The van der Waals surface area contributed by atoms with Gasteiger partial charge in [-0.25, -0.2) is 0 Å². The Kier molecular flexibility index (Phi) is 4.50. The van der Waals surface area contributed by atoms with Gasteiger partial charge in [0.15, 0.2) is 5.82 Å². The number of hydrogen-bond donors (Lipinski definition) is 3. The highest BCUT2D eigenvalue weighted by atomic mass is 79.9. The summed E-state index contributed by atoms with van der Waals surface area (Å²) in [5.74, 6) is 3.74. The highest BCUT2D eigenvalue weighted by molar-refractivity contribution is 9.12. The summed E-state index contributed by atoms with van der Waals surface area (Å²) in [5.41, 5.74) is 1.20. The Morgan fingerprint density at radius 1 is 1.11 bits per heavy atom. The number of rotatable bonds is 3. The second-order valence-electron chi connectivity index (χ2n) is 7.11. The van der Waals surface area contributed by atoms with Crippen LogP contribution >= 0.6 is 15.9 Å². The van der Waals surface area contributed by atoms with E-state index in [-0.39, 0.29) is 11.8 Å². The molecule has 1 fully saturated rings. The molecule has 1 aliphatic carbocycles. The Labute approximate surface area is 165 Å². The molecule has 0 bridgehead atoms. The summed E-state index contributed by atoms with van der Waals surface area (Å²) in [4.78, 5) is 2.70. The summed E-state index contributed by atoms with van der Waals surface area (Å²) in [6.07, 6.45) is 1.35. The first-order valence-electron chi connectivity index (χ1n) is 8.67. The number of nitrogens with one attached hydrogen (secondary N) is 1. The van der Waals surface area contributed by atoms with Crippen molar-refractivity contribution in [2.24, 2.45) is 0 Å². The van der Waals surface area contributed by atoms with Crippen LogP contribution in [-0.2, 0) is 0 Å². The number of anilines is 1. The van der Waals surface area contributed by atoms with Gasteiger partial charge in [0, 0.05) is 38.3 Å². The van der Waals surface area contributed by atoms with E-state index in [2.05, 4.69) is 42.2 Å². The van der Waals surface area contributed by atoms with E-state index in [0.29, 0.717) is 35.5 Å². The first-order valence-corrected chi connectivity index (χ1v) is 9.46. The second kappa shape index (κ2) is 6.84. The predicted octanol–water partition coefficient (Wildman–Crippen LogP) is 4.03. The minimum atomic E-state index is -0.611. The molecular formula is C21H18BrN3O2. The zero-order valence-corrected chi connectivity index (χ0v) is 16.3. The highest BCUT2D eigenvalue weighted by Gasteiger charge is 2.38. The summed E-state index contributed by atoms with van der Waals surface area (Å²) in [5, 5.41) is 34.4. The van der Waals surface area contributed by atoms with Crippen LogP contribution in [0.25, 0.3) is 22.0 Å². The van der Waals surface area contributed by atoms with Gasteiger partial charge in [0.05, 0.1) is 11.2 Å². The number of phenolic OH excluding ortho intramolecular Hbond substituents is 1. The lowest BCUT2D eigenvalue weighted by molar-refractivity contribution is -0.0235. The van der Waals surface area contributed by atoms with Crippen molar-refractivity contribution in [1.29, 1.82) is 0 Å². The smallest absolute Gasteiger partial charge is 0.156 e. The van der Waals surface area contributed by atoms with E-state index >= 15 is 0 Å². The molecule has 6 heteroatoms. The molecule has 0 amide bonds.